The lowest BCUT2D eigenvalue weighted by molar-refractivity contribution is 0.146. The SMILES string of the molecule is CCN(CC)C(=O)N(C)C(CN)C1CC1. The lowest BCUT2D eigenvalue weighted by Gasteiger charge is -2.32. The summed E-state index contributed by atoms with van der Waals surface area (Å²) in [5.74, 6) is 0.638. The van der Waals surface area contributed by atoms with Gasteiger partial charge < -0.3 is 15.5 Å². The first-order valence-corrected chi connectivity index (χ1v) is 5.87. The Labute approximate surface area is 92.4 Å². The predicted molar refractivity (Wildman–Crippen MR) is 61.6 cm³/mol. The number of carbonyl (C=O) groups is 1. The van der Waals surface area contributed by atoms with Crippen molar-refractivity contribution < 1.29 is 4.79 Å². The van der Waals surface area contributed by atoms with Crippen molar-refractivity contribution in [2.45, 2.75) is 32.7 Å². The van der Waals surface area contributed by atoms with E-state index in [0.29, 0.717) is 12.5 Å². The van der Waals surface area contributed by atoms with Crippen LogP contribution in [0.3, 0.4) is 0 Å². The van der Waals surface area contributed by atoms with Crippen molar-refractivity contribution in [3.63, 3.8) is 0 Å². The Morgan fingerprint density at radius 3 is 2.27 bits per heavy atom. The molecule has 0 aromatic rings. The van der Waals surface area contributed by atoms with Gasteiger partial charge >= 0.3 is 6.03 Å². The summed E-state index contributed by atoms with van der Waals surface area (Å²) in [6.07, 6.45) is 2.44. The third-order valence-electron chi connectivity index (χ3n) is 3.24. The zero-order valence-electron chi connectivity index (χ0n) is 10.1. The minimum atomic E-state index is 0.113. The van der Waals surface area contributed by atoms with E-state index in [9.17, 15) is 4.79 Å². The summed E-state index contributed by atoms with van der Waals surface area (Å²) >= 11 is 0. The molecule has 0 radical (unpaired) electrons. The van der Waals surface area contributed by atoms with E-state index in [2.05, 4.69) is 0 Å². The molecule has 0 aromatic carbocycles. The summed E-state index contributed by atoms with van der Waals surface area (Å²) in [5, 5.41) is 0. The van der Waals surface area contributed by atoms with Crippen molar-refractivity contribution in [3.05, 3.63) is 0 Å². The number of likely N-dealkylation sites (N-methyl/N-ethyl adjacent to an activating group) is 1. The van der Waals surface area contributed by atoms with Crippen molar-refractivity contribution in [3.8, 4) is 0 Å². The average Bonchev–Trinajstić information content (AvgIpc) is 3.04. The van der Waals surface area contributed by atoms with Gasteiger partial charge in [-0.1, -0.05) is 0 Å². The van der Waals surface area contributed by atoms with Gasteiger partial charge in [-0.05, 0) is 32.6 Å². The lowest BCUT2D eigenvalue weighted by atomic mass is 10.1. The quantitative estimate of drug-likeness (QED) is 0.744. The summed E-state index contributed by atoms with van der Waals surface area (Å²) in [4.78, 5) is 15.7. The molecular formula is C11H23N3O. The molecule has 0 bridgehead atoms. The van der Waals surface area contributed by atoms with Gasteiger partial charge in [-0.2, -0.15) is 0 Å². The highest BCUT2D eigenvalue weighted by molar-refractivity contribution is 5.74. The van der Waals surface area contributed by atoms with Crippen LogP contribution in [0.5, 0.6) is 0 Å². The van der Waals surface area contributed by atoms with Crippen molar-refractivity contribution in [2.75, 3.05) is 26.7 Å². The van der Waals surface area contributed by atoms with E-state index >= 15 is 0 Å². The summed E-state index contributed by atoms with van der Waals surface area (Å²) in [7, 11) is 1.87. The maximum absolute atomic E-state index is 12.0. The van der Waals surface area contributed by atoms with Gasteiger partial charge in [0.25, 0.3) is 0 Å². The third kappa shape index (κ3) is 2.84. The molecule has 0 aromatic heterocycles. The van der Waals surface area contributed by atoms with Gasteiger partial charge in [0.05, 0.1) is 0 Å². The minimum absolute atomic E-state index is 0.113. The maximum atomic E-state index is 12.0. The second-order valence-electron chi connectivity index (χ2n) is 4.21. The van der Waals surface area contributed by atoms with E-state index in [4.69, 9.17) is 5.73 Å². The second kappa shape index (κ2) is 5.35. The first-order valence-electron chi connectivity index (χ1n) is 5.87. The highest BCUT2D eigenvalue weighted by Crippen LogP contribution is 2.34. The van der Waals surface area contributed by atoms with Crippen LogP contribution in [0.25, 0.3) is 0 Å². The monoisotopic (exact) mass is 213 g/mol. The minimum Gasteiger partial charge on any atom is -0.328 e. The summed E-state index contributed by atoms with van der Waals surface area (Å²) < 4.78 is 0. The molecule has 1 aliphatic rings. The van der Waals surface area contributed by atoms with E-state index < -0.39 is 0 Å². The first-order chi connectivity index (χ1) is 7.15. The zero-order valence-corrected chi connectivity index (χ0v) is 10.1. The van der Waals surface area contributed by atoms with E-state index in [0.717, 1.165) is 13.1 Å². The molecule has 88 valence electrons. The molecule has 1 unspecified atom stereocenters. The van der Waals surface area contributed by atoms with Gasteiger partial charge in [-0.3, -0.25) is 0 Å². The fraction of sp³-hybridized carbons (Fsp3) is 0.909. The number of rotatable bonds is 5. The average molecular weight is 213 g/mol. The van der Waals surface area contributed by atoms with Crippen molar-refractivity contribution >= 4 is 6.03 Å². The van der Waals surface area contributed by atoms with Crippen LogP contribution in [0.4, 0.5) is 4.79 Å². The highest BCUT2D eigenvalue weighted by atomic mass is 16.2. The maximum Gasteiger partial charge on any atom is 0.320 e. The van der Waals surface area contributed by atoms with Crippen LogP contribution in [0.15, 0.2) is 0 Å². The fourth-order valence-electron chi connectivity index (χ4n) is 2.01. The Balaban J connectivity index is 2.56. The van der Waals surface area contributed by atoms with Gasteiger partial charge in [0.1, 0.15) is 0 Å². The van der Waals surface area contributed by atoms with Gasteiger partial charge in [0.15, 0.2) is 0 Å². The number of nitrogens with zero attached hydrogens (tertiary/aromatic N) is 2. The molecule has 0 aliphatic heterocycles. The smallest absolute Gasteiger partial charge is 0.320 e. The molecule has 2 amide bonds. The number of amides is 2. The van der Waals surface area contributed by atoms with E-state index in [1.807, 2.05) is 30.7 Å². The molecule has 4 heteroatoms. The van der Waals surface area contributed by atoms with Crippen LogP contribution in [0, 0.1) is 5.92 Å². The Morgan fingerprint density at radius 1 is 1.40 bits per heavy atom. The van der Waals surface area contributed by atoms with Crippen molar-refractivity contribution in [1.82, 2.24) is 9.80 Å². The number of nitrogens with two attached hydrogens (primary N) is 1. The van der Waals surface area contributed by atoms with Crippen LogP contribution in [0.1, 0.15) is 26.7 Å². The number of urea groups is 1. The van der Waals surface area contributed by atoms with Gasteiger partial charge in [0, 0.05) is 32.7 Å². The number of hydrogen-bond donors (Lipinski definition) is 1. The first kappa shape index (κ1) is 12.3. The van der Waals surface area contributed by atoms with Crippen LogP contribution >= 0.6 is 0 Å². The fourth-order valence-corrected chi connectivity index (χ4v) is 2.01. The molecule has 1 atom stereocenters. The van der Waals surface area contributed by atoms with Crippen LogP contribution in [-0.4, -0.2) is 48.6 Å². The van der Waals surface area contributed by atoms with E-state index in [1.54, 1.807) is 0 Å². The van der Waals surface area contributed by atoms with Crippen molar-refractivity contribution in [1.29, 1.82) is 0 Å². The molecule has 1 fully saturated rings. The third-order valence-corrected chi connectivity index (χ3v) is 3.24. The second-order valence-corrected chi connectivity index (χ2v) is 4.21. The van der Waals surface area contributed by atoms with E-state index in [1.165, 1.54) is 12.8 Å². The molecule has 4 nitrogen and oxygen atoms in total. The highest BCUT2D eigenvalue weighted by Gasteiger charge is 2.35. The van der Waals surface area contributed by atoms with E-state index in [-0.39, 0.29) is 12.1 Å². The van der Waals surface area contributed by atoms with Crippen LogP contribution < -0.4 is 5.73 Å². The predicted octanol–water partition coefficient (Wildman–Crippen LogP) is 1.12. The zero-order chi connectivity index (χ0) is 11.4. The number of hydrogen-bond acceptors (Lipinski definition) is 2. The topological polar surface area (TPSA) is 49.6 Å². The molecule has 0 saturated heterocycles. The largest absolute Gasteiger partial charge is 0.328 e. The molecular weight excluding hydrogens is 190 g/mol. The molecule has 2 N–H and O–H groups in total. The van der Waals surface area contributed by atoms with Gasteiger partial charge in [0.2, 0.25) is 0 Å². The number of carbonyl (C=O) groups excluding carboxylic acids is 1. The molecule has 0 heterocycles. The standard InChI is InChI=1S/C11H23N3O/c1-4-14(5-2)11(15)13(3)10(8-12)9-6-7-9/h9-10H,4-8,12H2,1-3H3. The van der Waals surface area contributed by atoms with Crippen LogP contribution in [-0.2, 0) is 0 Å². The molecule has 15 heavy (non-hydrogen) atoms. The van der Waals surface area contributed by atoms with Gasteiger partial charge in [-0.15, -0.1) is 0 Å². The Morgan fingerprint density at radius 2 is 1.93 bits per heavy atom. The Hall–Kier alpha value is -0.770. The summed E-state index contributed by atoms with van der Waals surface area (Å²) in [6, 6.07) is 0.348. The van der Waals surface area contributed by atoms with Crippen molar-refractivity contribution in [2.24, 2.45) is 11.7 Å². The Bertz CT molecular complexity index is 212. The summed E-state index contributed by atoms with van der Waals surface area (Å²) in [6.45, 7) is 6.12. The van der Waals surface area contributed by atoms with Crippen LogP contribution in [0.2, 0.25) is 0 Å². The Kier molecular flexibility index (Phi) is 4.39. The van der Waals surface area contributed by atoms with Gasteiger partial charge in [-0.25, -0.2) is 4.79 Å². The summed E-state index contributed by atoms with van der Waals surface area (Å²) in [5.41, 5.74) is 5.72. The molecule has 1 aliphatic carbocycles. The molecule has 1 rings (SSSR count). The molecule has 1 saturated carbocycles. The normalized spacial score (nSPS) is 17.3. The lowest BCUT2D eigenvalue weighted by Crippen LogP contribution is -2.49. The molecule has 0 spiro atoms.